The van der Waals surface area contributed by atoms with E-state index in [0.29, 0.717) is 0 Å². The summed E-state index contributed by atoms with van der Waals surface area (Å²) in [5.74, 6) is 4.66. The standard InChI is InChI=1S/C64H76O6.6C2H4O/c1-33(2)65-45-27-43(17)61(57(29-45)69-37(9)10)53-32-54(62-44(18)28-46(66-34(3)4)30-58(62)70-38(11)12)50-22-20-48-52(60-42(16)24-40(14)26-56(60)68-36(7)8)31-51(47-19-21-49(53)64(50)63(47)48)59-41(15)23-39(13)25-55(59)67-35(5)6;6*1-2-3/h19-38,51,54H,1-18H3;6*2H,1H3. The van der Waals surface area contributed by atoms with Gasteiger partial charge in [-0.2, -0.15) is 0 Å². The van der Waals surface area contributed by atoms with Crippen molar-refractivity contribution in [1.82, 2.24) is 0 Å². The van der Waals surface area contributed by atoms with Gasteiger partial charge in [-0.1, -0.05) is 48.6 Å². The smallest absolute Gasteiger partial charge is 0.131 e. The first-order chi connectivity index (χ1) is 41.6. The Hall–Kier alpha value is -8.12. The molecule has 0 bridgehead atoms. The molecule has 2 unspecified atom stereocenters. The van der Waals surface area contributed by atoms with Crippen LogP contribution in [0.1, 0.15) is 214 Å². The van der Waals surface area contributed by atoms with Crippen molar-refractivity contribution in [3.63, 3.8) is 0 Å². The molecule has 8 rings (SSSR count). The lowest BCUT2D eigenvalue weighted by Crippen LogP contribution is -2.18. The van der Waals surface area contributed by atoms with Crippen LogP contribution >= 0.6 is 0 Å². The quantitative estimate of drug-likeness (QED) is 0.0846. The largest absolute Gasteiger partial charge is 0.491 e. The van der Waals surface area contributed by atoms with Gasteiger partial charge in [0.05, 0.1) is 36.6 Å². The number of allylic oxidation sites excluding steroid dienone is 2. The summed E-state index contributed by atoms with van der Waals surface area (Å²) < 4.78 is 40.1. The lowest BCUT2D eigenvalue weighted by molar-refractivity contribution is -0.106. The van der Waals surface area contributed by atoms with E-state index in [9.17, 15) is 0 Å². The molecular formula is C76H100O12. The summed E-state index contributed by atoms with van der Waals surface area (Å²) in [5, 5.41) is 2.45. The topological polar surface area (TPSA) is 158 Å². The highest BCUT2D eigenvalue weighted by molar-refractivity contribution is 6.12. The summed E-state index contributed by atoms with van der Waals surface area (Å²) >= 11 is 0. The molecule has 0 fully saturated rings. The van der Waals surface area contributed by atoms with E-state index < -0.39 is 0 Å². The minimum atomic E-state index is -0.207. The molecule has 476 valence electrons. The number of aryl methyl sites for hydroxylation is 6. The fraction of sp³-hybridized carbons (Fsp3) is 0.421. The van der Waals surface area contributed by atoms with Crippen molar-refractivity contribution in [3.05, 3.63) is 163 Å². The van der Waals surface area contributed by atoms with Gasteiger partial charge < -0.3 is 57.2 Å². The average Bonchev–Trinajstić information content (AvgIpc) is 1.05. The number of ether oxygens (including phenoxy) is 6. The zero-order valence-corrected chi connectivity index (χ0v) is 57.1. The fourth-order valence-corrected chi connectivity index (χ4v) is 11.0. The van der Waals surface area contributed by atoms with Crippen molar-refractivity contribution < 1.29 is 57.2 Å². The molecule has 0 heterocycles. The number of rotatable bonds is 16. The Morgan fingerprint density at radius 1 is 0.330 bits per heavy atom. The van der Waals surface area contributed by atoms with Gasteiger partial charge in [0.2, 0.25) is 0 Å². The van der Waals surface area contributed by atoms with Gasteiger partial charge >= 0.3 is 0 Å². The van der Waals surface area contributed by atoms with Gasteiger partial charge in [-0.15, -0.1) is 0 Å². The van der Waals surface area contributed by atoms with Crippen molar-refractivity contribution in [3.8, 4) is 34.5 Å². The van der Waals surface area contributed by atoms with Gasteiger partial charge in [-0.3, -0.25) is 0 Å². The summed E-state index contributed by atoms with van der Waals surface area (Å²) in [6.45, 7) is 46.9. The summed E-state index contributed by atoms with van der Waals surface area (Å²) in [6.07, 6.45) is 9.30. The Morgan fingerprint density at radius 2 is 0.591 bits per heavy atom. The molecule has 6 aromatic rings. The van der Waals surface area contributed by atoms with Gasteiger partial charge in [0.15, 0.2) is 0 Å². The molecule has 0 amide bonds. The van der Waals surface area contributed by atoms with E-state index in [1.54, 1.807) is 0 Å². The summed E-state index contributed by atoms with van der Waals surface area (Å²) in [6, 6.07) is 27.0. The van der Waals surface area contributed by atoms with Gasteiger partial charge in [-0.05, 0) is 268 Å². The number of hydrogen-bond acceptors (Lipinski definition) is 12. The van der Waals surface area contributed by atoms with Crippen molar-refractivity contribution >= 4 is 59.6 Å². The molecule has 0 aromatic heterocycles. The third kappa shape index (κ3) is 20.5. The van der Waals surface area contributed by atoms with Gasteiger partial charge in [0.25, 0.3) is 0 Å². The Bertz CT molecular complexity index is 3320. The van der Waals surface area contributed by atoms with E-state index in [2.05, 4.69) is 210 Å². The predicted molar refractivity (Wildman–Crippen MR) is 361 cm³/mol. The molecule has 12 nitrogen and oxygen atoms in total. The molecule has 6 aromatic carbocycles. The maximum atomic E-state index is 8.81. The van der Waals surface area contributed by atoms with Crippen molar-refractivity contribution in [2.75, 3.05) is 0 Å². The van der Waals surface area contributed by atoms with Crippen LogP contribution in [0, 0.1) is 41.5 Å². The third-order valence-corrected chi connectivity index (χ3v) is 13.0. The lowest BCUT2D eigenvalue weighted by atomic mass is 9.69. The highest BCUT2D eigenvalue weighted by Gasteiger charge is 2.37. The second-order valence-electron chi connectivity index (χ2n) is 22.9. The maximum absolute atomic E-state index is 8.81. The Kier molecular flexibility index (Phi) is 31.9. The van der Waals surface area contributed by atoms with Crippen LogP contribution in [-0.2, 0) is 28.8 Å². The van der Waals surface area contributed by atoms with Crippen LogP contribution in [0.15, 0.2) is 84.9 Å². The zero-order valence-electron chi connectivity index (χ0n) is 57.1. The van der Waals surface area contributed by atoms with Crippen LogP contribution in [0.5, 0.6) is 34.5 Å². The Morgan fingerprint density at radius 3 is 0.943 bits per heavy atom. The first-order valence-corrected chi connectivity index (χ1v) is 30.5. The second kappa shape index (κ2) is 36.9. The van der Waals surface area contributed by atoms with Crippen LogP contribution in [0.25, 0.3) is 21.9 Å². The number of hydrogen-bond donors (Lipinski definition) is 0. The van der Waals surface area contributed by atoms with Crippen molar-refractivity contribution in [2.24, 2.45) is 0 Å². The minimum absolute atomic E-state index is 0.00544. The van der Waals surface area contributed by atoms with E-state index in [1.807, 2.05) is 0 Å². The lowest BCUT2D eigenvalue weighted by Gasteiger charge is -2.35. The van der Waals surface area contributed by atoms with Crippen LogP contribution < -0.4 is 28.4 Å². The first kappa shape index (κ1) is 76.0. The first-order valence-electron chi connectivity index (χ1n) is 30.5. The molecule has 0 saturated carbocycles. The van der Waals surface area contributed by atoms with Crippen LogP contribution in [0.4, 0.5) is 0 Å². The molecule has 88 heavy (non-hydrogen) atoms. The second-order valence-corrected chi connectivity index (χ2v) is 22.9. The molecule has 2 atom stereocenters. The number of aldehydes is 6. The van der Waals surface area contributed by atoms with Crippen LogP contribution in [0.3, 0.4) is 0 Å². The molecule has 0 N–H and O–H groups in total. The van der Waals surface area contributed by atoms with Gasteiger partial charge in [0, 0.05) is 46.2 Å². The molecule has 12 heteroatoms. The molecule has 0 spiro atoms. The van der Waals surface area contributed by atoms with Crippen molar-refractivity contribution in [2.45, 2.75) is 215 Å². The van der Waals surface area contributed by atoms with E-state index in [0.717, 1.165) is 117 Å². The molecule has 2 aliphatic rings. The molecule has 2 aliphatic carbocycles. The molecule has 0 aliphatic heterocycles. The summed E-state index contributed by atoms with van der Waals surface area (Å²) in [7, 11) is 0. The van der Waals surface area contributed by atoms with Gasteiger partial charge in [0.1, 0.15) is 72.2 Å². The Labute approximate surface area is 526 Å². The third-order valence-electron chi connectivity index (χ3n) is 13.0. The van der Waals surface area contributed by atoms with Gasteiger partial charge in [-0.25, -0.2) is 0 Å². The minimum Gasteiger partial charge on any atom is -0.491 e. The van der Waals surface area contributed by atoms with E-state index in [-0.39, 0.29) is 48.5 Å². The van der Waals surface area contributed by atoms with Crippen LogP contribution in [0.2, 0.25) is 0 Å². The van der Waals surface area contributed by atoms with Crippen LogP contribution in [-0.4, -0.2) is 74.3 Å². The average molecular weight is 1210 g/mol. The van der Waals surface area contributed by atoms with E-state index in [1.165, 1.54) is 96.8 Å². The summed E-state index contributed by atoms with van der Waals surface area (Å²) in [4.78, 5) is 52.8. The summed E-state index contributed by atoms with van der Waals surface area (Å²) in [5.41, 5.74) is 18.4. The number of benzene rings is 6. The SMILES string of the molecule is CC=O.CC=O.CC=O.CC=O.CC=O.CC=O.Cc1cc(C)c(C2=CC(c3c(C)cc(C)cc3OC(C)C)c3ccc4c5c(ccc2c35)C(c2c(C)cc(OC(C)C)cc2OC(C)C)C=C4c2c(C)cc(OC(C)C)cc2OC(C)C)c(OC(C)C)c1. The zero-order chi connectivity index (χ0) is 66.9. The predicted octanol–water partition coefficient (Wildman–Crippen LogP) is 17.8. The number of carbonyl (C=O) groups excluding carboxylic acids is 6. The van der Waals surface area contributed by atoms with E-state index in [4.69, 9.17) is 57.2 Å². The molecular weight excluding hydrogens is 1100 g/mol. The Balaban J connectivity index is 0.00000131. The highest BCUT2D eigenvalue weighted by Crippen LogP contribution is 2.56. The maximum Gasteiger partial charge on any atom is 0.131 e. The molecule has 0 saturated heterocycles. The van der Waals surface area contributed by atoms with E-state index >= 15 is 0 Å². The highest BCUT2D eigenvalue weighted by atomic mass is 16.5. The molecule has 0 radical (unpaired) electrons. The monoisotopic (exact) mass is 1200 g/mol. The normalized spacial score (nSPS) is 13.1. The van der Waals surface area contributed by atoms with Crippen molar-refractivity contribution in [1.29, 1.82) is 0 Å². The fourth-order valence-electron chi connectivity index (χ4n) is 11.0. The number of carbonyl (C=O) groups is 6.